The van der Waals surface area contributed by atoms with E-state index in [1.54, 1.807) is 0 Å². The molecule has 1 N–H and O–H groups in total. The van der Waals surface area contributed by atoms with Crippen LogP contribution in [0.15, 0.2) is 53.0 Å². The van der Waals surface area contributed by atoms with Gasteiger partial charge in [-0.1, -0.05) is 51.8 Å². The number of amides is 1. The number of piperidine rings is 1. The maximum Gasteiger partial charge on any atom is 0.224 e. The van der Waals surface area contributed by atoms with Gasteiger partial charge in [0.05, 0.1) is 5.92 Å². The van der Waals surface area contributed by atoms with Crippen molar-refractivity contribution in [2.24, 2.45) is 5.92 Å². The normalized spacial score (nSPS) is 18.1. The average Bonchev–Trinajstić information content (AvgIpc) is 2.63. The van der Waals surface area contributed by atoms with E-state index in [9.17, 15) is 4.79 Å². The van der Waals surface area contributed by atoms with Crippen molar-refractivity contribution in [1.29, 1.82) is 0 Å². The molecule has 132 valence electrons. The Bertz CT molecular complexity index is 703. The number of benzene rings is 2. The molecule has 1 aliphatic rings. The molecule has 0 bridgehead atoms. The predicted octanol–water partition coefficient (Wildman–Crippen LogP) is 4.63. The van der Waals surface area contributed by atoms with Gasteiger partial charge in [-0.05, 0) is 54.8 Å². The van der Waals surface area contributed by atoms with Crippen LogP contribution in [0.4, 0.5) is 0 Å². The lowest BCUT2D eigenvalue weighted by molar-refractivity contribution is -0.126. The van der Waals surface area contributed by atoms with E-state index in [4.69, 9.17) is 11.6 Å². The Morgan fingerprint density at radius 1 is 1.12 bits per heavy atom. The van der Waals surface area contributed by atoms with Crippen LogP contribution < -0.4 is 5.32 Å². The third-order valence-corrected chi connectivity index (χ3v) is 5.36. The first kappa shape index (κ1) is 18.4. The van der Waals surface area contributed by atoms with E-state index in [2.05, 4.69) is 50.4 Å². The lowest BCUT2D eigenvalue weighted by Gasteiger charge is -2.32. The number of carbonyl (C=O) groups is 1. The number of hydrogen-bond acceptors (Lipinski definition) is 2. The monoisotopic (exact) mass is 420 g/mol. The molecule has 1 fully saturated rings. The van der Waals surface area contributed by atoms with Crippen molar-refractivity contribution in [2.75, 3.05) is 13.1 Å². The highest BCUT2D eigenvalue weighted by atomic mass is 79.9. The second-order valence-electron chi connectivity index (χ2n) is 6.55. The molecule has 0 radical (unpaired) electrons. The smallest absolute Gasteiger partial charge is 0.224 e. The maximum atomic E-state index is 12.5. The lowest BCUT2D eigenvalue weighted by Crippen LogP contribution is -2.42. The van der Waals surface area contributed by atoms with Crippen molar-refractivity contribution in [3.05, 3.63) is 69.2 Å². The first-order valence-electron chi connectivity index (χ1n) is 8.59. The highest BCUT2D eigenvalue weighted by molar-refractivity contribution is 9.10. The number of nitrogens with zero attached hydrogens (tertiary/aromatic N) is 1. The zero-order valence-corrected chi connectivity index (χ0v) is 16.4. The molecule has 0 spiro atoms. The van der Waals surface area contributed by atoms with Gasteiger partial charge in [-0.3, -0.25) is 9.69 Å². The maximum absolute atomic E-state index is 12.5. The van der Waals surface area contributed by atoms with Crippen LogP contribution in [0.25, 0.3) is 0 Å². The minimum absolute atomic E-state index is 0.0662. The molecule has 0 aromatic heterocycles. The second kappa shape index (κ2) is 8.84. The largest absolute Gasteiger partial charge is 0.352 e. The van der Waals surface area contributed by atoms with Crippen molar-refractivity contribution in [2.45, 2.75) is 25.9 Å². The molecule has 1 amide bonds. The van der Waals surface area contributed by atoms with E-state index < -0.39 is 0 Å². The summed E-state index contributed by atoms with van der Waals surface area (Å²) >= 11 is 9.36. The predicted molar refractivity (Wildman–Crippen MR) is 105 cm³/mol. The van der Waals surface area contributed by atoms with Crippen LogP contribution in [0.5, 0.6) is 0 Å². The Morgan fingerprint density at radius 2 is 1.80 bits per heavy atom. The molecule has 1 atom stereocenters. The molecule has 3 nitrogen and oxygen atoms in total. The summed E-state index contributed by atoms with van der Waals surface area (Å²) in [5.41, 5.74) is 2.35. The van der Waals surface area contributed by atoms with Gasteiger partial charge in [0.15, 0.2) is 0 Å². The van der Waals surface area contributed by atoms with E-state index in [1.165, 1.54) is 5.56 Å². The molecule has 2 aromatic carbocycles. The van der Waals surface area contributed by atoms with Gasteiger partial charge >= 0.3 is 0 Å². The van der Waals surface area contributed by atoms with Gasteiger partial charge in [0, 0.05) is 29.1 Å². The number of rotatable bonds is 5. The molecule has 0 aliphatic carbocycles. The standard InChI is InChI=1S/C20H22BrClN2O/c21-18-7-3-16(4-8-18)13-24-11-1-2-17(14-24)20(25)23-12-15-5-9-19(22)10-6-15/h3-10,17H,1-2,11-14H2,(H,23,25). The van der Waals surface area contributed by atoms with Crippen molar-refractivity contribution in [1.82, 2.24) is 10.2 Å². The van der Waals surface area contributed by atoms with Crippen LogP contribution in [-0.2, 0) is 17.9 Å². The number of halogens is 2. The fraction of sp³-hybridized carbons (Fsp3) is 0.350. The van der Waals surface area contributed by atoms with Crippen LogP contribution in [-0.4, -0.2) is 23.9 Å². The van der Waals surface area contributed by atoms with E-state index >= 15 is 0 Å². The highest BCUT2D eigenvalue weighted by Crippen LogP contribution is 2.20. The summed E-state index contributed by atoms with van der Waals surface area (Å²) in [5.74, 6) is 0.215. The first-order chi connectivity index (χ1) is 12.1. The summed E-state index contributed by atoms with van der Waals surface area (Å²) in [5, 5.41) is 3.78. The summed E-state index contributed by atoms with van der Waals surface area (Å²) in [6, 6.07) is 16.0. The fourth-order valence-electron chi connectivity index (χ4n) is 3.20. The van der Waals surface area contributed by atoms with E-state index in [0.29, 0.717) is 11.6 Å². The Morgan fingerprint density at radius 3 is 2.52 bits per heavy atom. The summed E-state index contributed by atoms with van der Waals surface area (Å²) in [6.45, 7) is 3.33. The number of nitrogens with one attached hydrogen (secondary N) is 1. The molecule has 2 aromatic rings. The SMILES string of the molecule is O=C(NCc1ccc(Cl)cc1)C1CCCN(Cc2ccc(Br)cc2)C1. The van der Waals surface area contributed by atoms with E-state index in [-0.39, 0.29) is 11.8 Å². The van der Waals surface area contributed by atoms with Crippen molar-refractivity contribution >= 4 is 33.4 Å². The second-order valence-corrected chi connectivity index (χ2v) is 7.90. The summed E-state index contributed by atoms with van der Waals surface area (Å²) < 4.78 is 1.09. The Kier molecular flexibility index (Phi) is 6.51. The lowest BCUT2D eigenvalue weighted by atomic mass is 9.96. The van der Waals surface area contributed by atoms with Crippen molar-refractivity contribution in [3.8, 4) is 0 Å². The zero-order chi connectivity index (χ0) is 17.6. The number of likely N-dealkylation sites (tertiary alicyclic amines) is 1. The molecule has 5 heteroatoms. The molecular weight excluding hydrogens is 400 g/mol. The van der Waals surface area contributed by atoms with Gasteiger partial charge < -0.3 is 5.32 Å². The Hall–Kier alpha value is -1.36. The molecule has 0 saturated carbocycles. The Labute approximate surface area is 162 Å². The minimum atomic E-state index is 0.0662. The molecule has 1 unspecified atom stereocenters. The zero-order valence-electron chi connectivity index (χ0n) is 14.1. The minimum Gasteiger partial charge on any atom is -0.352 e. The molecule has 1 saturated heterocycles. The molecule has 1 heterocycles. The van der Waals surface area contributed by atoms with Gasteiger partial charge in [0.1, 0.15) is 0 Å². The molecular formula is C20H22BrClN2O. The fourth-order valence-corrected chi connectivity index (χ4v) is 3.59. The summed E-state index contributed by atoms with van der Waals surface area (Å²) in [6.07, 6.45) is 2.03. The molecule has 25 heavy (non-hydrogen) atoms. The van der Waals surface area contributed by atoms with Crippen LogP contribution in [0.2, 0.25) is 5.02 Å². The Balaban J connectivity index is 1.50. The van der Waals surface area contributed by atoms with Gasteiger partial charge in [-0.25, -0.2) is 0 Å². The average molecular weight is 422 g/mol. The van der Waals surface area contributed by atoms with Gasteiger partial charge in [-0.15, -0.1) is 0 Å². The van der Waals surface area contributed by atoms with Crippen LogP contribution in [0.1, 0.15) is 24.0 Å². The topological polar surface area (TPSA) is 32.3 Å². The van der Waals surface area contributed by atoms with Crippen LogP contribution >= 0.6 is 27.5 Å². The van der Waals surface area contributed by atoms with E-state index in [1.807, 2.05) is 24.3 Å². The first-order valence-corrected chi connectivity index (χ1v) is 9.76. The van der Waals surface area contributed by atoms with Crippen molar-refractivity contribution in [3.63, 3.8) is 0 Å². The molecule has 3 rings (SSSR count). The summed E-state index contributed by atoms with van der Waals surface area (Å²) in [4.78, 5) is 14.9. The van der Waals surface area contributed by atoms with Gasteiger partial charge in [0.2, 0.25) is 5.91 Å². The summed E-state index contributed by atoms with van der Waals surface area (Å²) in [7, 11) is 0. The number of carbonyl (C=O) groups excluding carboxylic acids is 1. The van der Waals surface area contributed by atoms with Crippen molar-refractivity contribution < 1.29 is 4.79 Å². The van der Waals surface area contributed by atoms with Crippen LogP contribution in [0, 0.1) is 5.92 Å². The third-order valence-electron chi connectivity index (χ3n) is 4.58. The van der Waals surface area contributed by atoms with Gasteiger partial charge in [0.25, 0.3) is 0 Å². The molecule has 1 aliphatic heterocycles. The number of hydrogen-bond donors (Lipinski definition) is 1. The highest BCUT2D eigenvalue weighted by Gasteiger charge is 2.25. The quantitative estimate of drug-likeness (QED) is 0.763. The van der Waals surface area contributed by atoms with Gasteiger partial charge in [-0.2, -0.15) is 0 Å². The third kappa shape index (κ3) is 5.56. The van der Waals surface area contributed by atoms with E-state index in [0.717, 1.165) is 42.5 Å². The van der Waals surface area contributed by atoms with Crippen LogP contribution in [0.3, 0.4) is 0 Å².